The van der Waals surface area contributed by atoms with E-state index in [9.17, 15) is 19.7 Å². The van der Waals surface area contributed by atoms with Crippen LogP contribution in [0.25, 0.3) is 0 Å². The van der Waals surface area contributed by atoms with Gasteiger partial charge in [-0.3, -0.25) is 29.6 Å². The normalized spacial score (nSPS) is 16.8. The number of hydrogen-bond donors (Lipinski definition) is 1. The molecule has 0 bridgehead atoms. The number of imide groups is 1. The monoisotopic (exact) mass is 354 g/mol. The third-order valence-corrected chi connectivity index (χ3v) is 4.23. The van der Waals surface area contributed by atoms with E-state index in [0.717, 1.165) is 10.6 Å². The molecule has 0 radical (unpaired) electrons. The molecule has 2 heterocycles. The summed E-state index contributed by atoms with van der Waals surface area (Å²) in [6.07, 6.45) is 2.43. The Kier molecular flexibility index (Phi) is 4.92. The average molecular weight is 354 g/mol. The maximum absolute atomic E-state index is 12.1. The molecular formula is C18H18N4O4. The second-order valence-corrected chi connectivity index (χ2v) is 6.13. The van der Waals surface area contributed by atoms with Crippen LogP contribution < -0.4 is 10.2 Å². The lowest BCUT2D eigenvalue weighted by Crippen LogP contribution is -2.30. The summed E-state index contributed by atoms with van der Waals surface area (Å²) in [5.41, 5.74) is 1.26. The van der Waals surface area contributed by atoms with Gasteiger partial charge in [0.15, 0.2) is 0 Å². The molecule has 8 heteroatoms. The summed E-state index contributed by atoms with van der Waals surface area (Å²) in [5, 5.41) is 14.4. The summed E-state index contributed by atoms with van der Waals surface area (Å²) in [7, 11) is 0. The van der Waals surface area contributed by atoms with Crippen LogP contribution in [0.5, 0.6) is 0 Å². The number of nitrogens with one attached hydrogen (secondary N) is 1. The Morgan fingerprint density at radius 2 is 2.12 bits per heavy atom. The van der Waals surface area contributed by atoms with Crippen LogP contribution in [0.1, 0.15) is 19.0 Å². The lowest BCUT2D eigenvalue weighted by atomic mass is 10.1. The predicted molar refractivity (Wildman–Crippen MR) is 95.8 cm³/mol. The van der Waals surface area contributed by atoms with E-state index in [1.807, 2.05) is 18.2 Å². The Balaban J connectivity index is 1.78. The highest BCUT2D eigenvalue weighted by Gasteiger charge is 2.37. The van der Waals surface area contributed by atoms with Crippen molar-refractivity contribution in [2.45, 2.75) is 19.8 Å². The van der Waals surface area contributed by atoms with E-state index in [1.54, 1.807) is 19.2 Å². The smallest absolute Gasteiger partial charge is 0.294 e. The maximum Gasteiger partial charge on any atom is 0.294 e. The first-order chi connectivity index (χ1) is 12.5. The Bertz CT molecular complexity index is 854. The van der Waals surface area contributed by atoms with E-state index in [4.69, 9.17) is 0 Å². The van der Waals surface area contributed by atoms with Crippen LogP contribution in [-0.4, -0.2) is 28.3 Å². The molecule has 26 heavy (non-hydrogen) atoms. The first-order valence-electron chi connectivity index (χ1n) is 8.26. The highest BCUT2D eigenvalue weighted by atomic mass is 16.6. The van der Waals surface area contributed by atoms with Crippen molar-refractivity contribution in [1.82, 2.24) is 4.98 Å². The number of rotatable bonds is 6. The predicted octanol–water partition coefficient (Wildman–Crippen LogP) is 2.54. The van der Waals surface area contributed by atoms with Crippen LogP contribution in [0.3, 0.4) is 0 Å². The summed E-state index contributed by atoms with van der Waals surface area (Å²) in [6.45, 7) is 2.14. The summed E-state index contributed by atoms with van der Waals surface area (Å²) < 4.78 is 0. The number of nitrogens with zero attached hydrogens (tertiary/aromatic N) is 3. The number of benzene rings is 1. The molecule has 0 unspecified atom stereocenters. The Labute approximate surface area is 150 Å². The molecule has 0 aliphatic carbocycles. The van der Waals surface area contributed by atoms with Crippen LogP contribution in [0.15, 0.2) is 42.6 Å². The van der Waals surface area contributed by atoms with E-state index in [0.29, 0.717) is 18.7 Å². The Hall–Kier alpha value is -3.29. The Morgan fingerprint density at radius 3 is 2.73 bits per heavy atom. The maximum atomic E-state index is 12.1. The van der Waals surface area contributed by atoms with Crippen LogP contribution in [-0.2, 0) is 16.0 Å². The van der Waals surface area contributed by atoms with Gasteiger partial charge in [-0.2, -0.15) is 0 Å². The van der Waals surface area contributed by atoms with Gasteiger partial charge in [0.05, 0.1) is 10.6 Å². The number of pyridine rings is 1. The van der Waals surface area contributed by atoms with Gasteiger partial charge in [-0.05, 0) is 24.3 Å². The number of aromatic nitrogens is 1. The van der Waals surface area contributed by atoms with Crippen molar-refractivity contribution in [2.75, 3.05) is 16.8 Å². The van der Waals surface area contributed by atoms with Crippen molar-refractivity contribution >= 4 is 28.9 Å². The quantitative estimate of drug-likeness (QED) is 0.485. The van der Waals surface area contributed by atoms with Gasteiger partial charge < -0.3 is 5.32 Å². The molecule has 1 atom stereocenters. The molecule has 1 aliphatic rings. The van der Waals surface area contributed by atoms with E-state index in [2.05, 4.69) is 10.3 Å². The fourth-order valence-electron chi connectivity index (χ4n) is 2.89. The molecule has 2 amide bonds. The third kappa shape index (κ3) is 3.53. The molecule has 0 spiro atoms. The number of nitro benzene ring substituents is 1. The van der Waals surface area contributed by atoms with Crippen molar-refractivity contribution in [3.05, 3.63) is 58.4 Å². The lowest BCUT2D eigenvalue weighted by Gasteiger charge is -2.15. The van der Waals surface area contributed by atoms with Crippen molar-refractivity contribution in [2.24, 2.45) is 5.92 Å². The Morgan fingerprint density at radius 1 is 1.31 bits per heavy atom. The first kappa shape index (κ1) is 17.5. The van der Waals surface area contributed by atoms with Gasteiger partial charge in [-0.15, -0.1) is 0 Å². The standard InChI is InChI=1S/C18H18N4O4/c1-12-10-17(23)21(18(12)24)14-5-6-15(16(11-14)22(25)26)20-9-7-13-4-2-3-8-19-13/h2-6,8,11-12,20H,7,9-10H2,1H3/t12-/m0/s1. The number of carbonyl (C=O) groups is 2. The zero-order valence-electron chi connectivity index (χ0n) is 14.2. The van der Waals surface area contributed by atoms with Gasteiger partial charge in [-0.25, -0.2) is 0 Å². The minimum absolute atomic E-state index is 0.122. The highest BCUT2D eigenvalue weighted by molar-refractivity contribution is 6.21. The van der Waals surface area contributed by atoms with Crippen LogP contribution in [0.2, 0.25) is 0 Å². The SMILES string of the molecule is C[C@H]1CC(=O)N(c2ccc(NCCc3ccccn3)c([N+](=O)[O-])c2)C1=O. The molecule has 1 N–H and O–H groups in total. The molecule has 1 aromatic carbocycles. The highest BCUT2D eigenvalue weighted by Crippen LogP contribution is 2.33. The van der Waals surface area contributed by atoms with Crippen molar-refractivity contribution in [1.29, 1.82) is 0 Å². The summed E-state index contributed by atoms with van der Waals surface area (Å²) >= 11 is 0. The summed E-state index contributed by atoms with van der Waals surface area (Å²) in [4.78, 5) is 40.2. The molecule has 1 aliphatic heterocycles. The zero-order valence-corrected chi connectivity index (χ0v) is 14.2. The third-order valence-electron chi connectivity index (χ3n) is 4.23. The number of nitro groups is 1. The fraction of sp³-hybridized carbons (Fsp3) is 0.278. The average Bonchev–Trinajstić information content (AvgIpc) is 2.88. The van der Waals surface area contributed by atoms with E-state index in [1.165, 1.54) is 12.1 Å². The number of hydrogen-bond acceptors (Lipinski definition) is 6. The molecule has 1 saturated heterocycles. The zero-order chi connectivity index (χ0) is 18.7. The molecule has 1 fully saturated rings. The van der Waals surface area contributed by atoms with Gasteiger partial charge >= 0.3 is 0 Å². The largest absolute Gasteiger partial charge is 0.379 e. The van der Waals surface area contributed by atoms with Gasteiger partial charge in [0.25, 0.3) is 5.69 Å². The molecule has 2 aromatic rings. The van der Waals surface area contributed by atoms with Gasteiger partial charge in [0, 0.05) is 43.3 Å². The molecule has 3 rings (SSSR count). The molecule has 0 saturated carbocycles. The molecule has 1 aromatic heterocycles. The van der Waals surface area contributed by atoms with Gasteiger partial charge in [-0.1, -0.05) is 13.0 Å². The number of anilines is 2. The molecular weight excluding hydrogens is 336 g/mol. The molecule has 134 valence electrons. The number of amides is 2. The van der Waals surface area contributed by atoms with Crippen LogP contribution >= 0.6 is 0 Å². The number of carbonyl (C=O) groups excluding carboxylic acids is 2. The molecule has 8 nitrogen and oxygen atoms in total. The van der Waals surface area contributed by atoms with Gasteiger partial charge in [0.2, 0.25) is 11.8 Å². The summed E-state index contributed by atoms with van der Waals surface area (Å²) in [6, 6.07) is 9.91. The van der Waals surface area contributed by atoms with Crippen molar-refractivity contribution < 1.29 is 14.5 Å². The van der Waals surface area contributed by atoms with Crippen molar-refractivity contribution in [3.63, 3.8) is 0 Å². The van der Waals surface area contributed by atoms with E-state index >= 15 is 0 Å². The topological polar surface area (TPSA) is 105 Å². The minimum Gasteiger partial charge on any atom is -0.379 e. The van der Waals surface area contributed by atoms with E-state index in [-0.39, 0.29) is 29.6 Å². The van der Waals surface area contributed by atoms with E-state index < -0.39 is 10.8 Å². The van der Waals surface area contributed by atoms with Crippen LogP contribution in [0.4, 0.5) is 17.1 Å². The second kappa shape index (κ2) is 7.30. The fourth-order valence-corrected chi connectivity index (χ4v) is 2.89. The second-order valence-electron chi connectivity index (χ2n) is 6.13. The minimum atomic E-state index is -0.527. The first-order valence-corrected chi connectivity index (χ1v) is 8.26. The summed E-state index contributed by atoms with van der Waals surface area (Å²) in [5.74, 6) is -1.08. The van der Waals surface area contributed by atoms with Crippen molar-refractivity contribution in [3.8, 4) is 0 Å². The lowest BCUT2D eigenvalue weighted by molar-refractivity contribution is -0.383. The van der Waals surface area contributed by atoms with Crippen LogP contribution in [0, 0.1) is 16.0 Å². The van der Waals surface area contributed by atoms with Gasteiger partial charge in [0.1, 0.15) is 5.69 Å².